The van der Waals surface area contributed by atoms with Crippen LogP contribution in [-0.4, -0.2) is 38.6 Å². The van der Waals surface area contributed by atoms with Gasteiger partial charge in [0.15, 0.2) is 9.84 Å². The number of anilines is 1. The number of rotatable bonds is 7. The zero-order chi connectivity index (χ0) is 21.9. The van der Waals surface area contributed by atoms with Crippen molar-refractivity contribution < 1.29 is 18.0 Å². The van der Waals surface area contributed by atoms with Gasteiger partial charge < -0.3 is 10.2 Å². The van der Waals surface area contributed by atoms with E-state index in [4.69, 9.17) is 11.6 Å². The van der Waals surface area contributed by atoms with Gasteiger partial charge in [-0.2, -0.15) is 0 Å². The highest BCUT2D eigenvalue weighted by atomic mass is 35.5. The highest BCUT2D eigenvalue weighted by Gasteiger charge is 2.29. The van der Waals surface area contributed by atoms with Gasteiger partial charge in [0.1, 0.15) is 0 Å². The van der Waals surface area contributed by atoms with Crippen molar-refractivity contribution in [3.8, 4) is 0 Å². The quantitative estimate of drug-likeness (QED) is 0.705. The summed E-state index contributed by atoms with van der Waals surface area (Å²) in [6.07, 6.45) is 1.15. The number of nitrogens with zero attached hydrogens (tertiary/aromatic N) is 1. The summed E-state index contributed by atoms with van der Waals surface area (Å²) in [6.45, 7) is 4.02. The van der Waals surface area contributed by atoms with E-state index in [1.807, 2.05) is 12.1 Å². The van der Waals surface area contributed by atoms with Crippen LogP contribution in [0.1, 0.15) is 31.4 Å². The van der Waals surface area contributed by atoms with E-state index >= 15 is 0 Å². The van der Waals surface area contributed by atoms with Gasteiger partial charge in [0.05, 0.1) is 10.1 Å². The van der Waals surface area contributed by atoms with Crippen molar-refractivity contribution in [2.24, 2.45) is 0 Å². The van der Waals surface area contributed by atoms with E-state index in [2.05, 4.69) is 5.32 Å². The number of halogens is 1. The highest BCUT2D eigenvalue weighted by molar-refractivity contribution is 7.92. The van der Waals surface area contributed by atoms with Gasteiger partial charge in [0.2, 0.25) is 11.8 Å². The molecule has 0 radical (unpaired) electrons. The topological polar surface area (TPSA) is 83.6 Å². The summed E-state index contributed by atoms with van der Waals surface area (Å²) < 4.78 is 25.9. The van der Waals surface area contributed by atoms with E-state index in [0.29, 0.717) is 31.0 Å². The largest absolute Gasteiger partial charge is 0.356 e. The van der Waals surface area contributed by atoms with Crippen LogP contribution in [0.3, 0.4) is 0 Å². The van der Waals surface area contributed by atoms with Crippen LogP contribution in [0.15, 0.2) is 47.4 Å². The molecule has 1 heterocycles. The molecule has 1 aliphatic heterocycles. The summed E-state index contributed by atoms with van der Waals surface area (Å²) in [5.41, 5.74) is 2.64. The van der Waals surface area contributed by atoms with Crippen LogP contribution in [0.4, 0.5) is 5.69 Å². The minimum Gasteiger partial charge on any atom is -0.356 e. The van der Waals surface area contributed by atoms with Crippen molar-refractivity contribution in [2.45, 2.75) is 43.3 Å². The van der Waals surface area contributed by atoms with Crippen LogP contribution in [0, 0.1) is 0 Å². The predicted molar refractivity (Wildman–Crippen MR) is 118 cm³/mol. The molecule has 0 saturated carbocycles. The number of benzene rings is 2. The number of nitrogens with one attached hydrogen (secondary N) is 1. The van der Waals surface area contributed by atoms with Gasteiger partial charge in [-0.25, -0.2) is 8.42 Å². The molecule has 1 atom stereocenters. The second kappa shape index (κ2) is 9.18. The van der Waals surface area contributed by atoms with Crippen LogP contribution >= 0.6 is 11.6 Å². The maximum absolute atomic E-state index is 12.9. The molecular formula is C22H25ClN2O4S. The normalized spacial score (nSPS) is 14.3. The summed E-state index contributed by atoms with van der Waals surface area (Å²) in [5.74, 6) is -0.364. The summed E-state index contributed by atoms with van der Waals surface area (Å²) in [6, 6.07) is 12.2. The number of fused-ring (bicyclic) bond motifs is 1. The molecule has 30 heavy (non-hydrogen) atoms. The average Bonchev–Trinajstić information content (AvgIpc) is 3.13. The molecule has 0 bridgehead atoms. The van der Waals surface area contributed by atoms with E-state index < -0.39 is 15.1 Å². The maximum Gasteiger partial charge on any atom is 0.223 e. The molecule has 6 nitrogen and oxygen atoms in total. The van der Waals surface area contributed by atoms with Crippen molar-refractivity contribution in [1.82, 2.24) is 5.32 Å². The Labute approximate surface area is 182 Å². The highest BCUT2D eigenvalue weighted by Crippen LogP contribution is 2.31. The van der Waals surface area contributed by atoms with Crippen molar-refractivity contribution in [1.29, 1.82) is 0 Å². The third-order valence-corrected chi connectivity index (χ3v) is 7.70. The zero-order valence-corrected chi connectivity index (χ0v) is 18.6. The van der Waals surface area contributed by atoms with Crippen LogP contribution in [0.25, 0.3) is 0 Å². The molecule has 8 heteroatoms. The molecule has 1 N–H and O–H groups in total. The lowest BCUT2D eigenvalue weighted by atomic mass is 10.1. The first kappa shape index (κ1) is 22.3. The molecule has 2 aromatic carbocycles. The molecule has 0 fully saturated rings. The summed E-state index contributed by atoms with van der Waals surface area (Å²) in [7, 11) is -3.65. The molecule has 3 rings (SSSR count). The van der Waals surface area contributed by atoms with Crippen LogP contribution in [-0.2, 0) is 32.3 Å². The Kier molecular flexibility index (Phi) is 6.83. The van der Waals surface area contributed by atoms with Crippen molar-refractivity contribution in [3.63, 3.8) is 0 Å². The zero-order valence-electron chi connectivity index (χ0n) is 17.0. The number of hydrogen-bond acceptors (Lipinski definition) is 4. The molecule has 1 aliphatic rings. The van der Waals surface area contributed by atoms with Crippen LogP contribution in [0.2, 0.25) is 5.02 Å². The Hall–Kier alpha value is -2.38. The van der Waals surface area contributed by atoms with Gasteiger partial charge in [-0.05, 0) is 61.2 Å². The number of hydrogen-bond donors (Lipinski definition) is 1. The summed E-state index contributed by atoms with van der Waals surface area (Å²) in [4.78, 5) is 25.7. The molecule has 0 saturated heterocycles. The minimum atomic E-state index is -3.65. The van der Waals surface area contributed by atoms with Crippen molar-refractivity contribution in [3.05, 3.63) is 58.6 Å². The summed E-state index contributed by atoms with van der Waals surface area (Å²) in [5, 5.41) is 2.58. The van der Waals surface area contributed by atoms with E-state index in [1.54, 1.807) is 36.1 Å². The van der Waals surface area contributed by atoms with Gasteiger partial charge in [0.25, 0.3) is 0 Å². The molecule has 2 amide bonds. The van der Waals surface area contributed by atoms with E-state index in [9.17, 15) is 18.0 Å². The van der Waals surface area contributed by atoms with E-state index in [-0.39, 0.29) is 23.1 Å². The monoisotopic (exact) mass is 448 g/mol. The molecule has 1 unspecified atom stereocenters. The van der Waals surface area contributed by atoms with Gasteiger partial charge in [-0.15, -0.1) is 0 Å². The Morgan fingerprint density at radius 3 is 2.53 bits per heavy atom. The maximum atomic E-state index is 12.9. The Morgan fingerprint density at radius 1 is 1.17 bits per heavy atom. The minimum absolute atomic E-state index is 0.0620. The number of amides is 2. The van der Waals surface area contributed by atoms with Crippen LogP contribution < -0.4 is 10.2 Å². The average molecular weight is 449 g/mol. The Bertz CT molecular complexity index is 1050. The lowest BCUT2D eigenvalue weighted by molar-refractivity contribution is -0.121. The molecule has 0 spiro atoms. The van der Waals surface area contributed by atoms with Gasteiger partial charge in [-0.1, -0.05) is 23.7 Å². The first-order valence-electron chi connectivity index (χ1n) is 9.84. The predicted octanol–water partition coefficient (Wildman–Crippen LogP) is 3.16. The number of carbonyl (C=O) groups is 2. The third kappa shape index (κ3) is 5.02. The number of sulfone groups is 1. The standard InChI is InChI=1S/C22H25ClN2O4S/c1-15(13-22(27)24-11-9-17-3-5-19(23)6-4-17)30(28,29)20-7-8-21-18(14-20)10-12-25(21)16(2)26/h3-8,14-15H,9-13H2,1-2H3,(H,24,27). The van der Waals surface area contributed by atoms with E-state index in [1.165, 1.54) is 13.0 Å². The second-order valence-corrected chi connectivity index (χ2v) is 10.3. The van der Waals surface area contributed by atoms with Gasteiger partial charge in [0, 0.05) is 37.1 Å². The molecule has 0 aromatic heterocycles. The molecule has 0 aliphatic carbocycles. The van der Waals surface area contributed by atoms with Crippen LogP contribution in [0.5, 0.6) is 0 Å². The lowest BCUT2D eigenvalue weighted by Gasteiger charge is -2.16. The third-order valence-electron chi connectivity index (χ3n) is 5.31. The molecule has 160 valence electrons. The fourth-order valence-corrected chi connectivity index (χ4v) is 5.08. The fraction of sp³-hybridized carbons (Fsp3) is 0.364. The summed E-state index contributed by atoms with van der Waals surface area (Å²) >= 11 is 5.85. The second-order valence-electron chi connectivity index (χ2n) is 7.50. The van der Waals surface area contributed by atoms with Gasteiger partial charge >= 0.3 is 0 Å². The smallest absolute Gasteiger partial charge is 0.223 e. The SMILES string of the molecule is CC(=O)N1CCc2cc(S(=O)(=O)C(C)CC(=O)NCCc3ccc(Cl)cc3)ccc21. The Balaban J connectivity index is 1.59. The first-order valence-corrected chi connectivity index (χ1v) is 11.8. The van der Waals surface area contributed by atoms with Gasteiger partial charge in [-0.3, -0.25) is 9.59 Å². The first-order chi connectivity index (χ1) is 14.2. The number of carbonyl (C=O) groups excluding carboxylic acids is 2. The molecular weight excluding hydrogens is 424 g/mol. The van der Waals surface area contributed by atoms with E-state index in [0.717, 1.165) is 16.8 Å². The Morgan fingerprint density at radius 2 is 1.87 bits per heavy atom. The lowest BCUT2D eigenvalue weighted by Crippen LogP contribution is -2.31. The van der Waals surface area contributed by atoms with Crippen molar-refractivity contribution >= 4 is 38.9 Å². The fourth-order valence-electron chi connectivity index (χ4n) is 3.55. The van der Waals surface area contributed by atoms with Crippen molar-refractivity contribution in [2.75, 3.05) is 18.0 Å². The molecule has 2 aromatic rings.